The molecule has 2 aromatic carbocycles. The van der Waals surface area contributed by atoms with Gasteiger partial charge in [0.05, 0.1) is 22.9 Å². The highest BCUT2D eigenvalue weighted by atomic mass is 28.4. The van der Waals surface area contributed by atoms with Crippen LogP contribution < -0.4 is 16.0 Å². The summed E-state index contributed by atoms with van der Waals surface area (Å²) in [6.07, 6.45) is 4.96. The summed E-state index contributed by atoms with van der Waals surface area (Å²) in [4.78, 5) is 67.7. The number of benzene rings is 2. The number of fused-ring (bicyclic) bond motifs is 2. The molecule has 0 fully saturated rings. The number of carbonyl (C=O) groups excluding carboxylic acids is 2. The molecule has 1 unspecified atom stereocenters. The summed E-state index contributed by atoms with van der Waals surface area (Å²) in [5, 5.41) is 14.2. The monoisotopic (exact) mass is 668 g/mol. The SMILES string of the molecule is CC(C)(CC[Si](O)(O)O)NC(=O)[C@@H](CCC(=O)OCCN1c2ccccc2C(C)(C)C12C=Cc1cc([N+](=O)[O-])ccc1C2)C(C)(C)N. The first kappa shape index (κ1) is 36.2. The van der Waals surface area contributed by atoms with E-state index in [2.05, 4.69) is 42.3 Å². The fraction of sp³-hybridized carbons (Fsp3) is 0.529. The Labute approximate surface area is 277 Å². The lowest BCUT2D eigenvalue weighted by Crippen LogP contribution is -2.57. The molecule has 0 saturated heterocycles. The lowest BCUT2D eigenvalue weighted by atomic mass is 9.65. The van der Waals surface area contributed by atoms with Crippen LogP contribution in [0, 0.1) is 16.0 Å². The summed E-state index contributed by atoms with van der Waals surface area (Å²) < 4.78 is 5.72. The molecule has 0 bridgehead atoms. The van der Waals surface area contributed by atoms with Crippen molar-refractivity contribution in [2.24, 2.45) is 11.7 Å². The average Bonchev–Trinajstić information content (AvgIpc) is 3.13. The van der Waals surface area contributed by atoms with Gasteiger partial charge in [0.1, 0.15) is 6.61 Å². The third-order valence-electron chi connectivity index (χ3n) is 9.75. The smallest absolute Gasteiger partial charge is 0.464 e. The Balaban J connectivity index is 1.44. The van der Waals surface area contributed by atoms with Gasteiger partial charge in [-0.25, -0.2) is 0 Å². The predicted octanol–water partition coefficient (Wildman–Crippen LogP) is 3.58. The van der Waals surface area contributed by atoms with Gasteiger partial charge in [-0.1, -0.05) is 50.3 Å². The number of nitrogens with one attached hydrogen (secondary N) is 1. The third-order valence-corrected chi connectivity index (χ3v) is 10.7. The van der Waals surface area contributed by atoms with E-state index in [-0.39, 0.29) is 48.9 Å². The highest BCUT2D eigenvalue weighted by Crippen LogP contribution is 2.55. The van der Waals surface area contributed by atoms with Crippen LogP contribution in [-0.2, 0) is 26.2 Å². The van der Waals surface area contributed by atoms with E-state index >= 15 is 0 Å². The van der Waals surface area contributed by atoms with E-state index in [9.17, 15) is 34.1 Å². The van der Waals surface area contributed by atoms with Crippen LogP contribution in [0.4, 0.5) is 11.4 Å². The molecule has 2 atom stereocenters. The molecule has 47 heavy (non-hydrogen) atoms. The van der Waals surface area contributed by atoms with Crippen LogP contribution >= 0.6 is 0 Å². The third kappa shape index (κ3) is 7.92. The van der Waals surface area contributed by atoms with Gasteiger partial charge in [-0.2, -0.15) is 0 Å². The number of rotatable bonds is 13. The zero-order chi connectivity index (χ0) is 35.0. The number of amides is 1. The first-order valence-corrected chi connectivity index (χ1v) is 18.0. The van der Waals surface area contributed by atoms with Crippen molar-refractivity contribution in [3.05, 3.63) is 75.3 Å². The summed E-state index contributed by atoms with van der Waals surface area (Å²) in [7, 11) is -4.26. The van der Waals surface area contributed by atoms with Crippen LogP contribution in [0.15, 0.2) is 48.5 Å². The van der Waals surface area contributed by atoms with Gasteiger partial charge in [0.15, 0.2) is 0 Å². The minimum absolute atomic E-state index is 0.0294. The molecule has 4 rings (SSSR count). The van der Waals surface area contributed by atoms with E-state index in [0.717, 1.165) is 22.4 Å². The van der Waals surface area contributed by atoms with Gasteiger partial charge in [0.25, 0.3) is 5.69 Å². The number of nitrogens with zero attached hydrogens (tertiary/aromatic N) is 2. The number of nitro benzene ring substituents is 1. The fourth-order valence-electron chi connectivity index (χ4n) is 6.94. The molecule has 2 aliphatic rings. The molecule has 12 nitrogen and oxygen atoms in total. The Hall–Kier alpha value is -3.62. The standard InChI is InChI=1S/C34H48N4O8Si/c1-31(2,17-20-47(43,44)45)36-30(40)27(33(5,6)35)13-14-29(39)46-19-18-37-28-10-8-7-9-26(28)32(3,4)34(37)16-15-23-21-25(38(41)42)12-11-24(23)22-34/h7-12,15-16,21,27,43-45H,13-14,17-20,22,35H2,1-6H3,(H,36,40)/t27-,34?/m1/s1. The number of non-ortho nitro benzene ring substituents is 1. The zero-order valence-electron chi connectivity index (χ0n) is 28.1. The Morgan fingerprint density at radius 2 is 1.83 bits per heavy atom. The molecular formula is C34H48N4O8Si. The van der Waals surface area contributed by atoms with Crippen molar-refractivity contribution in [2.45, 2.75) is 95.3 Å². The molecule has 0 aromatic heterocycles. The number of esters is 1. The highest BCUT2D eigenvalue weighted by molar-refractivity contribution is 6.56. The van der Waals surface area contributed by atoms with Crippen molar-refractivity contribution in [2.75, 3.05) is 18.1 Å². The second-order valence-electron chi connectivity index (χ2n) is 14.6. The second kappa shape index (κ2) is 13.1. The molecule has 2 aromatic rings. The van der Waals surface area contributed by atoms with Crippen molar-refractivity contribution in [1.82, 2.24) is 5.32 Å². The zero-order valence-corrected chi connectivity index (χ0v) is 29.1. The van der Waals surface area contributed by atoms with E-state index in [1.54, 1.807) is 33.8 Å². The van der Waals surface area contributed by atoms with Crippen LogP contribution in [0.25, 0.3) is 6.08 Å². The molecule has 13 heteroatoms. The summed E-state index contributed by atoms with van der Waals surface area (Å²) >= 11 is 0. The topological polar surface area (TPSA) is 188 Å². The van der Waals surface area contributed by atoms with E-state index in [0.29, 0.717) is 13.0 Å². The molecule has 0 saturated carbocycles. The Bertz CT molecular complexity index is 1550. The number of ether oxygens (including phenoxy) is 1. The molecule has 1 aliphatic carbocycles. The van der Waals surface area contributed by atoms with Crippen molar-refractivity contribution < 1.29 is 33.6 Å². The number of hydrogen-bond donors (Lipinski definition) is 5. The maximum atomic E-state index is 13.3. The molecule has 1 spiro atoms. The molecule has 1 heterocycles. The number of para-hydroxylation sites is 1. The predicted molar refractivity (Wildman–Crippen MR) is 181 cm³/mol. The quantitative estimate of drug-likeness (QED) is 0.0914. The molecule has 1 amide bonds. The maximum absolute atomic E-state index is 13.3. The highest BCUT2D eigenvalue weighted by Gasteiger charge is 2.56. The van der Waals surface area contributed by atoms with Gasteiger partial charge < -0.3 is 35.1 Å². The van der Waals surface area contributed by atoms with Crippen LogP contribution in [0.5, 0.6) is 0 Å². The number of hydrogen-bond acceptors (Lipinski definition) is 10. The second-order valence-corrected chi connectivity index (χ2v) is 16.7. The van der Waals surface area contributed by atoms with Crippen molar-refractivity contribution in [3.8, 4) is 0 Å². The first-order valence-electron chi connectivity index (χ1n) is 15.9. The van der Waals surface area contributed by atoms with E-state index in [4.69, 9.17) is 10.5 Å². The Kier molecular flexibility index (Phi) is 10.1. The molecule has 0 radical (unpaired) electrons. The van der Waals surface area contributed by atoms with E-state index < -0.39 is 42.2 Å². The van der Waals surface area contributed by atoms with Crippen molar-refractivity contribution in [1.29, 1.82) is 0 Å². The van der Waals surface area contributed by atoms with Gasteiger partial charge in [0, 0.05) is 53.2 Å². The largest absolute Gasteiger partial charge is 0.492 e. The molecule has 1 aliphatic heterocycles. The summed E-state index contributed by atoms with van der Waals surface area (Å²) in [6.45, 7) is 11.8. The maximum Gasteiger partial charge on any atom is 0.492 e. The average molecular weight is 669 g/mol. The van der Waals surface area contributed by atoms with E-state index in [1.807, 2.05) is 24.3 Å². The Morgan fingerprint density at radius 1 is 1.15 bits per heavy atom. The minimum Gasteiger partial charge on any atom is -0.464 e. The van der Waals surface area contributed by atoms with Gasteiger partial charge in [-0.3, -0.25) is 19.7 Å². The van der Waals surface area contributed by atoms with Gasteiger partial charge in [0.2, 0.25) is 5.91 Å². The normalized spacial score (nSPS) is 19.2. The minimum atomic E-state index is -4.26. The lowest BCUT2D eigenvalue weighted by Gasteiger charge is -2.48. The Morgan fingerprint density at radius 3 is 2.47 bits per heavy atom. The number of nitro groups is 1. The number of anilines is 1. The number of carbonyl (C=O) groups is 2. The van der Waals surface area contributed by atoms with E-state index in [1.165, 1.54) is 6.07 Å². The van der Waals surface area contributed by atoms with Gasteiger partial charge in [-0.05, 0) is 63.3 Å². The fourth-order valence-corrected chi connectivity index (χ4v) is 7.90. The van der Waals surface area contributed by atoms with Crippen LogP contribution in [-0.4, -0.2) is 69.8 Å². The number of nitrogens with two attached hydrogens (primary N) is 1. The van der Waals surface area contributed by atoms with Gasteiger partial charge >= 0.3 is 14.8 Å². The molecule has 256 valence electrons. The first-order chi connectivity index (χ1) is 21.7. The van der Waals surface area contributed by atoms with Crippen molar-refractivity contribution >= 4 is 38.1 Å². The summed E-state index contributed by atoms with van der Waals surface area (Å²) in [5.74, 6) is -1.56. The lowest BCUT2D eigenvalue weighted by molar-refractivity contribution is -0.384. The summed E-state index contributed by atoms with van der Waals surface area (Å²) in [5.41, 5.74) is 7.78. The molecule has 6 N–H and O–H groups in total. The van der Waals surface area contributed by atoms with Gasteiger partial charge in [-0.15, -0.1) is 0 Å². The van der Waals surface area contributed by atoms with Crippen LogP contribution in [0.3, 0.4) is 0 Å². The van der Waals surface area contributed by atoms with Crippen molar-refractivity contribution in [3.63, 3.8) is 0 Å². The van der Waals surface area contributed by atoms with Crippen LogP contribution in [0.1, 0.15) is 77.5 Å². The summed E-state index contributed by atoms with van der Waals surface area (Å²) in [6, 6.07) is 12.9. The molecular weight excluding hydrogens is 620 g/mol. The van der Waals surface area contributed by atoms with Crippen LogP contribution in [0.2, 0.25) is 6.04 Å².